The van der Waals surface area contributed by atoms with Crippen molar-refractivity contribution in [2.45, 2.75) is 174 Å². The monoisotopic (exact) mass is 976 g/mol. The average molecular weight is 976 g/mol. The van der Waals surface area contributed by atoms with Gasteiger partial charge in [0, 0.05) is 49.2 Å². The van der Waals surface area contributed by atoms with Crippen LogP contribution in [0.25, 0.3) is 11.1 Å². The number of nitrogens with zero attached hydrogens (tertiary/aromatic N) is 1. The van der Waals surface area contributed by atoms with Crippen LogP contribution in [-0.4, -0.2) is 76.6 Å². The molecule has 0 radical (unpaired) electrons. The Balaban J connectivity index is 1.16. The van der Waals surface area contributed by atoms with Crippen molar-refractivity contribution in [2.75, 3.05) is 26.8 Å². The van der Waals surface area contributed by atoms with E-state index in [1.54, 1.807) is 13.2 Å². The van der Waals surface area contributed by atoms with E-state index >= 15 is 0 Å². The van der Waals surface area contributed by atoms with Gasteiger partial charge in [-0.3, -0.25) is 4.99 Å². The molecule has 1 spiro atoms. The molecule has 11 nitrogen and oxygen atoms in total. The molecule has 388 valence electrons. The summed E-state index contributed by atoms with van der Waals surface area (Å²) in [6, 6.07) is 11.4. The third kappa shape index (κ3) is 11.1. The smallest absolute Gasteiger partial charge is 0.188 e. The lowest BCUT2D eigenvalue weighted by atomic mass is 9.62. The van der Waals surface area contributed by atoms with E-state index in [-0.39, 0.29) is 53.5 Å². The van der Waals surface area contributed by atoms with Crippen molar-refractivity contribution in [1.29, 1.82) is 0 Å². The fourth-order valence-corrected chi connectivity index (χ4v) is 14.4. The number of rotatable bonds is 9. The van der Waals surface area contributed by atoms with Gasteiger partial charge in [0.2, 0.25) is 0 Å². The molecular formula is C60H85N3O8. The number of hydrogen-bond acceptors (Lipinski definition) is 11. The Morgan fingerprint density at radius 1 is 0.901 bits per heavy atom. The van der Waals surface area contributed by atoms with E-state index in [9.17, 15) is 25.5 Å². The second-order valence-electron chi connectivity index (χ2n) is 23.4. The summed E-state index contributed by atoms with van der Waals surface area (Å²) in [5, 5.41) is 61.5. The van der Waals surface area contributed by atoms with E-state index in [0.29, 0.717) is 91.0 Å². The summed E-state index contributed by atoms with van der Waals surface area (Å²) in [5.74, 6) is 4.03. The first-order valence-electron chi connectivity index (χ1n) is 27.7. The zero-order chi connectivity index (χ0) is 50.0. The van der Waals surface area contributed by atoms with Crippen LogP contribution in [0.4, 0.5) is 0 Å². The molecule has 3 aromatic rings. The number of aliphatic imine (C=N–C) groups is 1. The Hall–Kier alpha value is -4.45. The van der Waals surface area contributed by atoms with E-state index in [1.807, 2.05) is 24.3 Å². The molecule has 8 bridgehead atoms. The molecule has 11 heteroatoms. The maximum Gasteiger partial charge on any atom is 0.188 e. The van der Waals surface area contributed by atoms with Crippen LogP contribution in [-0.2, 0) is 19.3 Å². The minimum absolute atomic E-state index is 0.0000858. The van der Waals surface area contributed by atoms with Gasteiger partial charge in [0.15, 0.2) is 17.5 Å². The fourth-order valence-electron chi connectivity index (χ4n) is 14.4. The zero-order valence-corrected chi connectivity index (χ0v) is 43.4. The number of aliphatic hydroxyl groups is 3. The molecule has 12 rings (SSSR count). The second-order valence-corrected chi connectivity index (χ2v) is 23.4. The van der Waals surface area contributed by atoms with Crippen molar-refractivity contribution in [3.63, 3.8) is 0 Å². The molecule has 3 aromatic carbocycles. The molecule has 0 unspecified atom stereocenters. The molecule has 71 heavy (non-hydrogen) atoms. The number of aliphatic hydroxyl groups excluding tert-OH is 3. The first kappa shape index (κ1) is 51.5. The second kappa shape index (κ2) is 22.3. The Morgan fingerprint density at radius 2 is 1.70 bits per heavy atom. The van der Waals surface area contributed by atoms with Crippen LogP contribution in [0.2, 0.25) is 0 Å². The maximum atomic E-state index is 12.4. The van der Waals surface area contributed by atoms with Crippen molar-refractivity contribution < 1.29 is 39.7 Å². The first-order valence-corrected chi connectivity index (χ1v) is 27.7. The van der Waals surface area contributed by atoms with Crippen molar-refractivity contribution in [3.05, 3.63) is 76.4 Å². The minimum Gasteiger partial charge on any atom is -0.508 e. The number of fused-ring (bicyclic) bond motifs is 2. The van der Waals surface area contributed by atoms with Crippen molar-refractivity contribution >= 4 is 5.96 Å². The van der Waals surface area contributed by atoms with Gasteiger partial charge in [-0.1, -0.05) is 84.4 Å². The summed E-state index contributed by atoms with van der Waals surface area (Å²) < 4.78 is 20.1. The van der Waals surface area contributed by atoms with E-state index in [4.69, 9.17) is 24.9 Å². The summed E-state index contributed by atoms with van der Waals surface area (Å²) in [7, 11) is 1.72. The van der Waals surface area contributed by atoms with Crippen molar-refractivity contribution in [1.82, 2.24) is 5.32 Å². The number of aromatic hydroxyl groups is 2. The molecular weight excluding hydrogens is 891 g/mol. The normalized spacial score (nSPS) is 29.9. The van der Waals surface area contributed by atoms with Crippen LogP contribution in [0.1, 0.15) is 164 Å². The number of phenols is 2. The molecule has 0 amide bonds. The van der Waals surface area contributed by atoms with E-state index in [1.165, 1.54) is 19.3 Å². The number of benzene rings is 3. The van der Waals surface area contributed by atoms with Gasteiger partial charge in [-0.2, -0.15) is 0 Å². The van der Waals surface area contributed by atoms with Gasteiger partial charge in [0.1, 0.15) is 29.5 Å². The zero-order valence-electron chi connectivity index (χ0n) is 43.4. The van der Waals surface area contributed by atoms with Crippen LogP contribution in [0.5, 0.6) is 28.7 Å². The number of ether oxygens (including phenoxy) is 3. The Labute approximate surface area is 423 Å². The number of nitrogens with one attached hydrogen (secondary N) is 1. The molecule has 5 heterocycles. The number of unbranched alkanes of at least 4 members (excludes halogenated alkanes) is 2. The molecule has 11 atom stereocenters. The molecule has 4 aliphatic carbocycles. The largest absolute Gasteiger partial charge is 0.508 e. The van der Waals surface area contributed by atoms with Crippen LogP contribution < -0.4 is 25.3 Å². The topological polar surface area (TPSA) is 179 Å². The number of nitrogens with two attached hydrogens (primary N) is 1. The predicted octanol–water partition coefficient (Wildman–Crippen LogP) is 10.8. The third-order valence-electron chi connectivity index (χ3n) is 18.1. The Bertz CT molecular complexity index is 2370. The van der Waals surface area contributed by atoms with Gasteiger partial charge in [-0.15, -0.1) is 0 Å². The minimum atomic E-state index is -0.907. The number of guanidine groups is 1. The molecule has 8 N–H and O–H groups in total. The first-order chi connectivity index (χ1) is 34.3. The van der Waals surface area contributed by atoms with E-state index in [2.05, 4.69) is 51.2 Å². The highest BCUT2D eigenvalue weighted by atomic mass is 16.5. The van der Waals surface area contributed by atoms with Gasteiger partial charge in [-0.25, -0.2) is 0 Å². The summed E-state index contributed by atoms with van der Waals surface area (Å²) in [4.78, 5) is 4.95. The van der Waals surface area contributed by atoms with Gasteiger partial charge < -0.3 is 50.8 Å². The van der Waals surface area contributed by atoms with Gasteiger partial charge in [0.25, 0.3) is 0 Å². The average Bonchev–Trinajstić information content (AvgIpc) is 3.81. The highest BCUT2D eigenvalue weighted by molar-refractivity contribution is 5.84. The van der Waals surface area contributed by atoms with Crippen molar-refractivity contribution in [3.8, 4) is 39.9 Å². The fraction of sp³-hybridized carbons (Fsp3) is 0.650. The van der Waals surface area contributed by atoms with E-state index in [0.717, 1.165) is 104 Å². The Morgan fingerprint density at radius 3 is 2.46 bits per heavy atom. The van der Waals surface area contributed by atoms with Crippen LogP contribution in [0.3, 0.4) is 0 Å². The molecule has 0 aromatic heterocycles. The van der Waals surface area contributed by atoms with Gasteiger partial charge in [-0.05, 0) is 170 Å². The predicted molar refractivity (Wildman–Crippen MR) is 281 cm³/mol. The molecule has 5 aliphatic heterocycles. The summed E-state index contributed by atoms with van der Waals surface area (Å²) in [6.07, 6.45) is 19.0. The standard InChI is InChI=1S/C60H85N3O8/c1-6-7-8-12-36(4)45-25-38-16-15-37(45)24-43(65)32-60(20-9-10-21-60)34-63-59(61)62-22-19-44-40(33-64)13-11-14-52(44)70-54-29-39(17-18-49(54)66)58-51(68)30-48-53(71-58)31-55(69-5)57-47-27-42(23-35(2)3)50(67)28-41(47)26-46(38)56(48)57/h15-18,27-29,31,35-38,40,43-46,51-52,58,64-68H,6-14,19-26,30,32-34H2,1-5H3,(H3,61,62,63)/t36-,37-,38-,40+,43+,44+,45-,46+,51+,52-,58-/m0/s1. The maximum absolute atomic E-state index is 12.4. The third-order valence-corrected chi connectivity index (χ3v) is 18.1. The number of phenolic OH excluding ortho intramolecular Hbond substituents is 2. The van der Waals surface area contributed by atoms with Crippen LogP contribution in [0, 0.1) is 46.8 Å². The Kier molecular flexibility index (Phi) is 16.2. The number of hydrogen-bond donors (Lipinski definition) is 7. The van der Waals surface area contributed by atoms with Gasteiger partial charge >= 0.3 is 0 Å². The molecule has 2 fully saturated rings. The highest BCUT2D eigenvalue weighted by Gasteiger charge is 2.44. The quantitative estimate of drug-likeness (QED) is 0.0806. The summed E-state index contributed by atoms with van der Waals surface area (Å²) >= 11 is 0. The van der Waals surface area contributed by atoms with E-state index < -0.39 is 18.3 Å². The summed E-state index contributed by atoms with van der Waals surface area (Å²) in [6.45, 7) is 10.2. The van der Waals surface area contributed by atoms with Crippen LogP contribution in [0.15, 0.2) is 53.5 Å². The highest BCUT2D eigenvalue weighted by Crippen LogP contribution is 2.57. The lowest BCUT2D eigenvalue weighted by Crippen LogP contribution is -2.41. The van der Waals surface area contributed by atoms with Crippen molar-refractivity contribution in [2.24, 2.45) is 57.6 Å². The lowest BCUT2D eigenvalue weighted by molar-refractivity contribution is 0.0166. The molecule has 0 saturated heterocycles. The lowest BCUT2D eigenvalue weighted by Gasteiger charge is -2.43. The molecule has 2 saturated carbocycles. The number of allylic oxidation sites excluding steroid dienone is 2. The molecule has 9 aliphatic rings. The SMILES string of the molecule is CCCCC[C@H](C)[C@@H]1C[C@@H]2C=C[C@H]1C[C@@H](O)CC1(CCCC1)CN=C(N)NCC[C@@H]1[C@@H](CO)CCC[C@@H]1Oc1cc(ccc1O)[C@@H]1Oc3cc(OC)c4c(c3C[C@H]1O)[C@@H]2Cc1cc(O)c(CC(C)C)cc1-4. The summed E-state index contributed by atoms with van der Waals surface area (Å²) in [5.41, 5.74) is 13.5. The van der Waals surface area contributed by atoms with Crippen LogP contribution >= 0.6 is 0 Å². The number of methoxy groups -OCH3 is 1. The van der Waals surface area contributed by atoms with Gasteiger partial charge in [0.05, 0.1) is 19.3 Å².